The van der Waals surface area contributed by atoms with Gasteiger partial charge in [0.1, 0.15) is 11.5 Å². The fourth-order valence-electron chi connectivity index (χ4n) is 1.88. The number of hydrogen-bond donors (Lipinski definition) is 0. The number of nitrogens with zero attached hydrogens (tertiary/aromatic N) is 1. The van der Waals surface area contributed by atoms with Gasteiger partial charge in [0.05, 0.1) is 12.5 Å². The third-order valence-electron chi connectivity index (χ3n) is 5.85. The number of ketones is 1. The van der Waals surface area contributed by atoms with Gasteiger partial charge in [-0.1, -0.05) is 41.5 Å². The van der Waals surface area contributed by atoms with Gasteiger partial charge in [-0.25, -0.2) is 0 Å². The molecule has 0 spiro atoms. The third-order valence-corrected chi connectivity index (χ3v) is 14.5. The molecule has 1 aromatic carbocycles. The van der Waals surface area contributed by atoms with E-state index in [-0.39, 0.29) is 22.3 Å². The Morgan fingerprint density at radius 3 is 1.78 bits per heavy atom. The molecule has 0 radical (unpaired) electrons. The average molecular weight is 406 g/mol. The van der Waals surface area contributed by atoms with E-state index in [9.17, 15) is 4.79 Å². The largest absolute Gasteiger partial charge is 0.541 e. The van der Waals surface area contributed by atoms with E-state index in [4.69, 9.17) is 14.1 Å². The summed E-state index contributed by atoms with van der Waals surface area (Å²) in [5, 5.41) is 8.92. The van der Waals surface area contributed by atoms with Gasteiger partial charge in [-0.3, -0.25) is 4.79 Å². The summed E-state index contributed by atoms with van der Waals surface area (Å²) >= 11 is 0. The molecule has 0 aliphatic heterocycles. The van der Waals surface area contributed by atoms with Crippen molar-refractivity contribution in [1.29, 1.82) is 5.26 Å². The van der Waals surface area contributed by atoms with Crippen LogP contribution >= 0.6 is 0 Å². The molecule has 0 bridgehead atoms. The van der Waals surface area contributed by atoms with E-state index in [2.05, 4.69) is 67.7 Å². The van der Waals surface area contributed by atoms with Gasteiger partial charge in [-0.15, -0.1) is 0 Å². The first-order valence-corrected chi connectivity index (χ1v) is 15.3. The Hall–Kier alpha value is -1.59. The van der Waals surface area contributed by atoms with Crippen LogP contribution in [-0.2, 0) is 0 Å². The Balaban J connectivity index is 3.42. The molecular weight excluding hydrogens is 370 g/mol. The number of nitriles is 1. The Kier molecular flexibility index (Phi) is 6.78. The molecule has 0 amide bonds. The summed E-state index contributed by atoms with van der Waals surface area (Å²) in [4.78, 5) is 12.2. The van der Waals surface area contributed by atoms with E-state index in [1.165, 1.54) is 0 Å². The van der Waals surface area contributed by atoms with Gasteiger partial charge in [-0.05, 0) is 54.5 Å². The second-order valence-electron chi connectivity index (χ2n) is 10.1. The molecule has 0 fully saturated rings. The molecule has 0 saturated heterocycles. The highest BCUT2D eigenvalue weighted by Gasteiger charge is 2.42. The predicted octanol–water partition coefficient (Wildman–Crippen LogP) is 6.55. The maximum absolute atomic E-state index is 12.2. The lowest BCUT2D eigenvalue weighted by atomic mass is 10.1. The number of carbonyl (C=O) groups is 1. The van der Waals surface area contributed by atoms with Crippen LogP contribution in [0.3, 0.4) is 0 Å². The van der Waals surface area contributed by atoms with Crippen molar-refractivity contribution in [2.45, 2.75) is 84.2 Å². The lowest BCUT2D eigenvalue weighted by Crippen LogP contribution is -2.45. The molecule has 0 aromatic heterocycles. The van der Waals surface area contributed by atoms with E-state index in [0.717, 1.165) is 0 Å². The monoisotopic (exact) mass is 405 g/mol. The number of Topliss-reactive ketones (excluding diaryl/α,β-unsaturated/α-hetero) is 1. The lowest BCUT2D eigenvalue weighted by Gasteiger charge is -2.39. The molecule has 0 aliphatic rings. The molecule has 0 atom stereocenters. The second-order valence-corrected chi connectivity index (χ2v) is 19.6. The molecule has 1 aromatic rings. The predicted molar refractivity (Wildman–Crippen MR) is 117 cm³/mol. The van der Waals surface area contributed by atoms with E-state index in [0.29, 0.717) is 17.1 Å². The molecule has 27 heavy (non-hydrogen) atoms. The quantitative estimate of drug-likeness (QED) is 0.397. The van der Waals surface area contributed by atoms with Gasteiger partial charge in [0.15, 0.2) is 5.78 Å². The highest BCUT2D eigenvalue weighted by Crippen LogP contribution is 2.43. The van der Waals surface area contributed by atoms with Crippen LogP contribution in [0.1, 0.15) is 58.3 Å². The molecule has 0 N–H and O–H groups in total. The molecule has 150 valence electrons. The standard InChI is InChI=1S/C21H35NO3Si2/c1-20(2,3)26(7,8)24-18-12-11-16(17(23)13-14-22)15-19(18)25-27(9,10)21(4,5)6/h11-12,15H,13H2,1-10H3. The smallest absolute Gasteiger partial charge is 0.250 e. The van der Waals surface area contributed by atoms with Crippen LogP contribution in [-0.4, -0.2) is 22.4 Å². The highest BCUT2D eigenvalue weighted by atomic mass is 28.4. The van der Waals surface area contributed by atoms with E-state index in [1.54, 1.807) is 12.1 Å². The van der Waals surface area contributed by atoms with Crippen molar-refractivity contribution in [1.82, 2.24) is 0 Å². The van der Waals surface area contributed by atoms with Crippen molar-refractivity contribution >= 4 is 22.4 Å². The zero-order chi connectivity index (χ0) is 21.3. The fraction of sp³-hybridized carbons (Fsp3) is 0.619. The lowest BCUT2D eigenvalue weighted by molar-refractivity contribution is 0.0997. The van der Waals surface area contributed by atoms with Gasteiger partial charge >= 0.3 is 0 Å². The zero-order valence-corrected chi connectivity index (χ0v) is 20.6. The van der Waals surface area contributed by atoms with E-state index < -0.39 is 16.6 Å². The summed E-state index contributed by atoms with van der Waals surface area (Å²) < 4.78 is 13.0. The summed E-state index contributed by atoms with van der Waals surface area (Å²) in [6.45, 7) is 21.8. The number of rotatable bonds is 6. The molecule has 0 saturated carbocycles. The van der Waals surface area contributed by atoms with Gasteiger partial charge in [0, 0.05) is 5.56 Å². The average Bonchev–Trinajstić information content (AvgIpc) is 2.46. The Morgan fingerprint density at radius 1 is 0.926 bits per heavy atom. The van der Waals surface area contributed by atoms with Crippen molar-refractivity contribution in [3.05, 3.63) is 23.8 Å². The van der Waals surface area contributed by atoms with E-state index in [1.807, 2.05) is 12.1 Å². The van der Waals surface area contributed by atoms with Crippen LogP contribution in [0.4, 0.5) is 0 Å². The molecule has 6 heteroatoms. The van der Waals surface area contributed by atoms with Crippen molar-refractivity contribution in [3.8, 4) is 17.6 Å². The van der Waals surface area contributed by atoms with Gasteiger partial charge in [0.2, 0.25) is 0 Å². The van der Waals surface area contributed by atoms with Crippen LogP contribution in [0.5, 0.6) is 11.5 Å². The molecule has 4 nitrogen and oxygen atoms in total. The number of benzene rings is 1. The maximum Gasteiger partial charge on any atom is 0.250 e. The fourth-order valence-corrected chi connectivity index (χ4v) is 3.92. The van der Waals surface area contributed by atoms with Crippen molar-refractivity contribution in [2.75, 3.05) is 0 Å². The van der Waals surface area contributed by atoms with Crippen LogP contribution in [0.25, 0.3) is 0 Å². The minimum Gasteiger partial charge on any atom is -0.541 e. The molecule has 0 heterocycles. The minimum absolute atomic E-state index is 0.0217. The van der Waals surface area contributed by atoms with Gasteiger partial charge in [0.25, 0.3) is 16.6 Å². The Morgan fingerprint density at radius 2 is 1.37 bits per heavy atom. The summed E-state index contributed by atoms with van der Waals surface area (Å²) in [6.07, 6.45) is -0.137. The van der Waals surface area contributed by atoms with Crippen LogP contribution in [0.15, 0.2) is 18.2 Å². The van der Waals surface area contributed by atoms with Crippen molar-refractivity contribution < 1.29 is 13.6 Å². The number of carbonyl (C=O) groups excluding carboxylic acids is 1. The first-order valence-electron chi connectivity index (χ1n) is 9.44. The topological polar surface area (TPSA) is 59.3 Å². The van der Waals surface area contributed by atoms with Crippen LogP contribution in [0.2, 0.25) is 36.3 Å². The van der Waals surface area contributed by atoms with Crippen LogP contribution in [0, 0.1) is 11.3 Å². The molecule has 0 aliphatic carbocycles. The van der Waals surface area contributed by atoms with Gasteiger partial charge < -0.3 is 8.85 Å². The Bertz CT molecular complexity index is 735. The summed E-state index contributed by atoms with van der Waals surface area (Å²) in [5.41, 5.74) is 0.493. The summed E-state index contributed by atoms with van der Waals surface area (Å²) in [5.74, 6) is 1.12. The number of hydrogen-bond acceptors (Lipinski definition) is 4. The second kappa shape index (κ2) is 7.80. The third kappa shape index (κ3) is 5.69. The van der Waals surface area contributed by atoms with Gasteiger partial charge in [-0.2, -0.15) is 5.26 Å². The summed E-state index contributed by atoms with van der Waals surface area (Å²) in [6, 6.07) is 7.24. The molecule has 0 unspecified atom stereocenters. The molecule has 1 rings (SSSR count). The van der Waals surface area contributed by atoms with Crippen molar-refractivity contribution in [2.24, 2.45) is 0 Å². The van der Waals surface area contributed by atoms with Crippen LogP contribution < -0.4 is 8.85 Å². The van der Waals surface area contributed by atoms with E-state index >= 15 is 0 Å². The normalized spacial score (nSPS) is 13.1. The first-order chi connectivity index (χ1) is 12.0. The maximum atomic E-state index is 12.2. The molecular formula is C21H35NO3Si2. The minimum atomic E-state index is -2.12. The summed E-state index contributed by atoms with van der Waals surface area (Å²) in [7, 11) is -4.18. The van der Waals surface area contributed by atoms with Crippen molar-refractivity contribution in [3.63, 3.8) is 0 Å². The SMILES string of the molecule is CC(C)(C)[Si](C)(C)Oc1ccc(C(=O)CC#N)cc1O[Si](C)(C)C(C)(C)C. The Labute approximate surface area is 167 Å². The first kappa shape index (κ1) is 23.5. The zero-order valence-electron chi connectivity index (χ0n) is 18.6. The highest BCUT2D eigenvalue weighted by molar-refractivity contribution is 6.75.